The standard InChI is InChI=1S/C22H22N2O3/c1-12-9-13(2)19-15(10-12)14-7-6-8-16-18(14)20(23-19)22(3,11-17(25)27-5)21(26)24(16)4/h6-10H,11H2,1-5H3. The number of likely N-dealkylation sites (N-methyl/N-ethyl adjacent to an activating group) is 1. The van der Waals surface area contributed by atoms with E-state index in [0.717, 1.165) is 32.9 Å². The molecule has 0 bridgehead atoms. The molecule has 138 valence electrons. The minimum Gasteiger partial charge on any atom is -0.469 e. The van der Waals surface area contributed by atoms with Gasteiger partial charge in [-0.3, -0.25) is 14.6 Å². The molecule has 2 heterocycles. The Morgan fingerprint density at radius 1 is 1.22 bits per heavy atom. The van der Waals surface area contributed by atoms with Crippen molar-refractivity contribution in [2.75, 3.05) is 19.1 Å². The topological polar surface area (TPSA) is 59.5 Å². The van der Waals surface area contributed by atoms with Gasteiger partial charge in [0.05, 0.1) is 30.4 Å². The fraction of sp³-hybridized carbons (Fsp3) is 0.318. The summed E-state index contributed by atoms with van der Waals surface area (Å²) in [6.45, 7) is 5.88. The number of nitrogens with zero attached hydrogens (tertiary/aromatic N) is 2. The molecule has 0 aliphatic carbocycles. The maximum atomic E-state index is 13.3. The van der Waals surface area contributed by atoms with Crippen LogP contribution in [0.4, 0.5) is 5.69 Å². The van der Waals surface area contributed by atoms with Gasteiger partial charge in [0, 0.05) is 17.8 Å². The molecule has 0 spiro atoms. The zero-order valence-electron chi connectivity index (χ0n) is 16.2. The molecule has 1 aliphatic heterocycles. The summed E-state index contributed by atoms with van der Waals surface area (Å²) in [5.41, 5.74) is 3.50. The molecular weight excluding hydrogens is 340 g/mol. The molecule has 4 rings (SSSR count). The highest BCUT2D eigenvalue weighted by Crippen LogP contribution is 2.45. The summed E-state index contributed by atoms with van der Waals surface area (Å²) in [5.74, 6) is -0.571. The molecule has 1 unspecified atom stereocenters. The Labute approximate surface area is 157 Å². The van der Waals surface area contributed by atoms with E-state index in [-0.39, 0.29) is 12.3 Å². The minimum atomic E-state index is -1.07. The summed E-state index contributed by atoms with van der Waals surface area (Å²) < 4.78 is 4.88. The molecule has 0 saturated heterocycles. The molecule has 3 aromatic rings. The van der Waals surface area contributed by atoms with Crippen molar-refractivity contribution in [3.8, 4) is 0 Å². The number of esters is 1. The predicted molar refractivity (Wildman–Crippen MR) is 106 cm³/mol. The third-order valence-corrected chi connectivity index (χ3v) is 5.62. The lowest BCUT2D eigenvalue weighted by Gasteiger charge is -2.38. The van der Waals surface area contributed by atoms with Crippen molar-refractivity contribution < 1.29 is 14.3 Å². The summed E-state index contributed by atoms with van der Waals surface area (Å²) in [6.07, 6.45) is -0.0421. The number of hydrogen-bond donors (Lipinski definition) is 0. The fourth-order valence-corrected chi connectivity index (χ4v) is 4.27. The lowest BCUT2D eigenvalue weighted by Crippen LogP contribution is -2.48. The molecule has 5 heteroatoms. The van der Waals surface area contributed by atoms with Crippen LogP contribution in [-0.4, -0.2) is 31.0 Å². The number of fused-ring (bicyclic) bond motifs is 2. The first-order chi connectivity index (χ1) is 12.8. The van der Waals surface area contributed by atoms with Crippen LogP contribution in [0.1, 0.15) is 30.2 Å². The van der Waals surface area contributed by atoms with Crippen LogP contribution in [0.2, 0.25) is 0 Å². The maximum absolute atomic E-state index is 13.3. The number of amides is 1. The monoisotopic (exact) mass is 362 g/mol. The zero-order chi connectivity index (χ0) is 19.5. The molecule has 1 aromatic heterocycles. The quantitative estimate of drug-likeness (QED) is 0.514. The molecule has 1 aliphatic rings. The largest absolute Gasteiger partial charge is 0.469 e. The molecule has 0 fully saturated rings. The van der Waals surface area contributed by atoms with Crippen LogP contribution in [0.5, 0.6) is 0 Å². The molecule has 1 amide bonds. The Bertz CT molecular complexity index is 1140. The van der Waals surface area contributed by atoms with E-state index in [9.17, 15) is 9.59 Å². The smallest absolute Gasteiger partial charge is 0.306 e. The Kier molecular flexibility index (Phi) is 3.74. The Balaban J connectivity index is 2.19. The van der Waals surface area contributed by atoms with Gasteiger partial charge in [-0.15, -0.1) is 0 Å². The molecule has 0 N–H and O–H groups in total. The van der Waals surface area contributed by atoms with Gasteiger partial charge in [-0.05, 0) is 43.9 Å². The van der Waals surface area contributed by atoms with E-state index < -0.39 is 11.4 Å². The fourth-order valence-electron chi connectivity index (χ4n) is 4.27. The highest BCUT2D eigenvalue weighted by Gasteiger charge is 2.46. The first-order valence-corrected chi connectivity index (χ1v) is 8.97. The van der Waals surface area contributed by atoms with Crippen molar-refractivity contribution >= 4 is 39.2 Å². The van der Waals surface area contributed by atoms with Gasteiger partial charge in [-0.2, -0.15) is 0 Å². The van der Waals surface area contributed by atoms with Crippen molar-refractivity contribution in [2.24, 2.45) is 0 Å². The number of carbonyl (C=O) groups excluding carboxylic acids is 2. The molecule has 0 saturated carbocycles. The summed E-state index contributed by atoms with van der Waals surface area (Å²) in [7, 11) is 3.09. The van der Waals surface area contributed by atoms with Crippen LogP contribution in [0.3, 0.4) is 0 Å². The predicted octanol–water partition coefficient (Wildman–Crippen LogP) is 3.80. The molecule has 27 heavy (non-hydrogen) atoms. The molecule has 1 atom stereocenters. The number of hydrogen-bond acceptors (Lipinski definition) is 4. The average Bonchev–Trinajstić information content (AvgIpc) is 2.64. The average molecular weight is 362 g/mol. The van der Waals surface area contributed by atoms with E-state index in [1.54, 1.807) is 18.9 Å². The summed E-state index contributed by atoms with van der Waals surface area (Å²) in [5, 5.41) is 3.05. The van der Waals surface area contributed by atoms with E-state index in [2.05, 4.69) is 25.1 Å². The van der Waals surface area contributed by atoms with Crippen LogP contribution in [-0.2, 0) is 19.7 Å². The number of benzene rings is 2. The van der Waals surface area contributed by atoms with Gasteiger partial charge in [0.25, 0.3) is 0 Å². The van der Waals surface area contributed by atoms with Crippen molar-refractivity contribution in [1.29, 1.82) is 0 Å². The summed E-state index contributed by atoms with van der Waals surface area (Å²) in [4.78, 5) is 32.0. The summed E-state index contributed by atoms with van der Waals surface area (Å²) >= 11 is 0. The van der Waals surface area contributed by atoms with Gasteiger partial charge in [0.1, 0.15) is 5.41 Å². The first kappa shape index (κ1) is 17.5. The van der Waals surface area contributed by atoms with E-state index >= 15 is 0 Å². The number of ether oxygens (including phenoxy) is 1. The lowest BCUT2D eigenvalue weighted by atomic mass is 9.76. The zero-order valence-corrected chi connectivity index (χ0v) is 16.2. The third kappa shape index (κ3) is 2.34. The number of aromatic nitrogens is 1. The molecule has 2 aromatic carbocycles. The molecule has 0 radical (unpaired) electrons. The first-order valence-electron chi connectivity index (χ1n) is 8.97. The second-order valence-corrected chi connectivity index (χ2v) is 7.59. The number of carbonyl (C=O) groups is 2. The Morgan fingerprint density at radius 2 is 1.96 bits per heavy atom. The second-order valence-electron chi connectivity index (χ2n) is 7.59. The Morgan fingerprint density at radius 3 is 2.67 bits per heavy atom. The van der Waals surface area contributed by atoms with Gasteiger partial charge in [-0.1, -0.05) is 23.8 Å². The van der Waals surface area contributed by atoms with Crippen molar-refractivity contribution in [1.82, 2.24) is 4.98 Å². The van der Waals surface area contributed by atoms with Crippen molar-refractivity contribution in [3.63, 3.8) is 0 Å². The van der Waals surface area contributed by atoms with Crippen LogP contribution in [0.25, 0.3) is 21.7 Å². The minimum absolute atomic E-state index is 0.0421. The summed E-state index contributed by atoms with van der Waals surface area (Å²) in [6, 6.07) is 10.2. The van der Waals surface area contributed by atoms with Crippen LogP contribution >= 0.6 is 0 Å². The highest BCUT2D eigenvalue weighted by atomic mass is 16.5. The van der Waals surface area contributed by atoms with E-state index in [4.69, 9.17) is 9.72 Å². The van der Waals surface area contributed by atoms with Crippen LogP contribution in [0, 0.1) is 13.8 Å². The number of pyridine rings is 1. The van der Waals surface area contributed by atoms with Crippen LogP contribution in [0.15, 0.2) is 30.3 Å². The van der Waals surface area contributed by atoms with Gasteiger partial charge < -0.3 is 9.64 Å². The van der Waals surface area contributed by atoms with E-state index in [1.165, 1.54) is 12.7 Å². The van der Waals surface area contributed by atoms with E-state index in [0.29, 0.717) is 5.69 Å². The molecular formula is C22H22N2O3. The number of methoxy groups -OCH3 is 1. The third-order valence-electron chi connectivity index (χ3n) is 5.62. The second kappa shape index (κ2) is 5.78. The maximum Gasteiger partial charge on any atom is 0.306 e. The lowest BCUT2D eigenvalue weighted by molar-refractivity contribution is -0.144. The highest BCUT2D eigenvalue weighted by molar-refractivity contribution is 6.20. The SMILES string of the molecule is COC(=O)CC1(C)C(=O)N(C)c2cccc3c2c1nc1c(C)cc(C)cc13. The van der Waals surface area contributed by atoms with Gasteiger partial charge in [-0.25, -0.2) is 0 Å². The Hall–Kier alpha value is -2.95. The van der Waals surface area contributed by atoms with Crippen molar-refractivity contribution in [3.05, 3.63) is 47.2 Å². The van der Waals surface area contributed by atoms with Gasteiger partial charge in [0.15, 0.2) is 0 Å². The van der Waals surface area contributed by atoms with Gasteiger partial charge in [0.2, 0.25) is 5.91 Å². The van der Waals surface area contributed by atoms with E-state index in [1.807, 2.05) is 19.1 Å². The van der Waals surface area contributed by atoms with Crippen LogP contribution < -0.4 is 4.90 Å². The number of rotatable bonds is 2. The van der Waals surface area contributed by atoms with Crippen molar-refractivity contribution in [2.45, 2.75) is 32.6 Å². The van der Waals surface area contributed by atoms with Gasteiger partial charge >= 0.3 is 5.97 Å². The molecule has 5 nitrogen and oxygen atoms in total. The number of aryl methyl sites for hydroxylation is 2. The number of anilines is 1. The normalized spacial score (nSPS) is 19.0.